The Labute approximate surface area is 73.3 Å². The van der Waals surface area contributed by atoms with Gasteiger partial charge in [0.25, 0.3) is 0 Å². The van der Waals surface area contributed by atoms with Gasteiger partial charge in [-0.3, -0.25) is 4.79 Å². The molecule has 0 aromatic heterocycles. The zero-order valence-electron chi connectivity index (χ0n) is 7.77. The van der Waals surface area contributed by atoms with Crippen molar-refractivity contribution in [1.29, 1.82) is 0 Å². The van der Waals surface area contributed by atoms with E-state index in [0.29, 0.717) is 6.41 Å². The predicted octanol–water partition coefficient (Wildman–Crippen LogP) is -0.774. The van der Waals surface area contributed by atoms with E-state index < -0.39 is 14.5 Å². The van der Waals surface area contributed by atoms with Gasteiger partial charge in [0.15, 0.2) is 0 Å². The summed E-state index contributed by atoms with van der Waals surface area (Å²) < 4.78 is 9.69. The molecule has 0 aliphatic carbocycles. The molecule has 12 heavy (non-hydrogen) atoms. The predicted molar refractivity (Wildman–Crippen MR) is 45.3 cm³/mol. The second kappa shape index (κ2) is 4.56. The van der Waals surface area contributed by atoms with Crippen LogP contribution >= 0.6 is 0 Å². The molecule has 0 fully saturated rings. The summed E-state index contributed by atoms with van der Waals surface area (Å²) in [5, 5.41) is 0. The minimum absolute atomic E-state index is 0.426. The molecular weight excluding hydrogens is 178 g/mol. The van der Waals surface area contributed by atoms with Crippen molar-refractivity contribution in [2.24, 2.45) is 0 Å². The van der Waals surface area contributed by atoms with Crippen LogP contribution in [0.5, 0.6) is 0 Å². The summed E-state index contributed by atoms with van der Waals surface area (Å²) in [6, 6.07) is 0. The van der Waals surface area contributed by atoms with Crippen LogP contribution in [0.4, 0.5) is 0 Å². The van der Waals surface area contributed by atoms with Crippen LogP contribution in [0.3, 0.4) is 0 Å². The first kappa shape index (κ1) is 11.6. The largest absolute Gasteiger partial charge is 0.521 e. The fourth-order valence-corrected chi connectivity index (χ4v) is 2.20. The third-order valence-electron chi connectivity index (χ3n) is 1.89. The number of hydrogen-bond donors (Lipinski definition) is 1. The lowest BCUT2D eigenvalue weighted by Crippen LogP contribution is -2.57. The van der Waals surface area contributed by atoms with Crippen molar-refractivity contribution in [3.05, 3.63) is 0 Å². The minimum atomic E-state index is -3.19. The minimum Gasteiger partial charge on any atom is -0.389 e. The molecule has 0 aliphatic heterocycles. The first-order valence-electron chi connectivity index (χ1n) is 3.51. The second-order valence-electron chi connectivity index (χ2n) is 2.49. The molecule has 0 bridgehead atoms. The van der Waals surface area contributed by atoms with Gasteiger partial charge in [-0.2, -0.15) is 0 Å². The highest BCUT2D eigenvalue weighted by molar-refractivity contribution is 6.61. The summed E-state index contributed by atoms with van der Waals surface area (Å²) in [6.07, 6.45) is 0.626. The molecule has 0 aromatic rings. The average molecular weight is 193 g/mol. The van der Waals surface area contributed by atoms with Gasteiger partial charge in [-0.15, -0.1) is 0 Å². The second-order valence-corrected chi connectivity index (χ2v) is 5.40. The van der Waals surface area contributed by atoms with Gasteiger partial charge in [-0.25, -0.2) is 0 Å². The molecule has 6 heteroatoms. The van der Waals surface area contributed by atoms with Gasteiger partial charge in [0, 0.05) is 21.3 Å². The van der Waals surface area contributed by atoms with E-state index >= 15 is 0 Å². The van der Waals surface area contributed by atoms with Crippen LogP contribution in [0.2, 0.25) is 0 Å². The molecule has 0 radical (unpaired) electrons. The van der Waals surface area contributed by atoms with Crippen molar-refractivity contribution in [2.75, 3.05) is 21.3 Å². The number of carbonyl (C=O) groups excluding carboxylic acids is 1. The third-order valence-corrected chi connectivity index (χ3v) is 4.52. The van der Waals surface area contributed by atoms with Crippen molar-refractivity contribution < 1.29 is 18.4 Å². The maximum absolute atomic E-state index is 10.4. The molecule has 1 amide bonds. The van der Waals surface area contributed by atoms with Crippen molar-refractivity contribution in [3.63, 3.8) is 0 Å². The van der Waals surface area contributed by atoms with E-state index in [2.05, 4.69) is 0 Å². The third kappa shape index (κ3) is 2.28. The lowest BCUT2D eigenvalue weighted by molar-refractivity contribution is -0.118. The van der Waals surface area contributed by atoms with E-state index in [-0.39, 0.29) is 0 Å². The molecule has 0 aliphatic rings. The molecule has 72 valence electrons. The van der Waals surface area contributed by atoms with Gasteiger partial charge in [-0.05, 0) is 6.92 Å². The Kier molecular flexibility index (Phi) is 4.39. The molecule has 5 nitrogen and oxygen atoms in total. The van der Waals surface area contributed by atoms with Gasteiger partial charge >= 0.3 is 8.80 Å². The molecule has 0 aromatic carbocycles. The molecule has 0 saturated carbocycles. The summed E-state index contributed by atoms with van der Waals surface area (Å²) >= 11 is 0. The van der Waals surface area contributed by atoms with Gasteiger partial charge in [-0.1, -0.05) is 0 Å². The van der Waals surface area contributed by atoms with Crippen LogP contribution in [-0.2, 0) is 13.6 Å². The molecule has 0 spiro atoms. The molecule has 0 saturated heterocycles. The van der Waals surface area contributed by atoms with Gasteiger partial charge in [0.1, 0.15) is 0 Å². The highest BCUT2D eigenvalue weighted by atomic mass is 28.4. The van der Waals surface area contributed by atoms with Crippen LogP contribution in [0.15, 0.2) is 0 Å². The Bertz CT molecular complexity index is 150. The lowest BCUT2D eigenvalue weighted by Gasteiger charge is -2.30. The topological polar surface area (TPSA) is 59.0 Å². The summed E-state index contributed by atoms with van der Waals surface area (Å²) in [5.41, 5.74) is -0.426. The van der Waals surface area contributed by atoms with Crippen LogP contribution in [0, 0.1) is 0 Å². The molecular formula is C6H15NO4Si. The van der Waals surface area contributed by atoms with E-state index in [0.717, 1.165) is 0 Å². The van der Waals surface area contributed by atoms with E-state index in [1.807, 2.05) is 0 Å². The quantitative estimate of drug-likeness (QED) is 0.460. The summed E-state index contributed by atoms with van der Waals surface area (Å²) in [7, 11) is 1.10. The van der Waals surface area contributed by atoms with Crippen LogP contribution < -0.4 is 0 Å². The monoisotopic (exact) mass is 193 g/mol. The maximum atomic E-state index is 10.4. The summed E-state index contributed by atoms with van der Waals surface area (Å²) in [6.45, 7) is 1.67. The standard InChI is InChI=1S/C6H15NO4Si/c1-6(7(2)5-8)12(9,10-3)11-4/h5-6,9H,1-4H3. The van der Waals surface area contributed by atoms with E-state index in [4.69, 9.17) is 8.85 Å². The van der Waals surface area contributed by atoms with Gasteiger partial charge < -0.3 is 18.5 Å². The lowest BCUT2D eigenvalue weighted by atomic mass is 10.7. The Morgan fingerprint density at radius 2 is 1.92 bits per heavy atom. The summed E-state index contributed by atoms with van der Waals surface area (Å²) in [5.74, 6) is 0. The number of rotatable bonds is 5. The zero-order chi connectivity index (χ0) is 9.78. The Morgan fingerprint density at radius 1 is 1.50 bits per heavy atom. The Morgan fingerprint density at radius 3 is 2.17 bits per heavy atom. The van der Waals surface area contributed by atoms with Gasteiger partial charge in [0.2, 0.25) is 6.41 Å². The van der Waals surface area contributed by atoms with Crippen molar-refractivity contribution >= 4 is 15.2 Å². The number of nitrogens with zero attached hydrogens (tertiary/aromatic N) is 1. The number of carbonyl (C=O) groups is 1. The smallest absolute Gasteiger partial charge is 0.389 e. The summed E-state index contributed by atoms with van der Waals surface area (Å²) in [4.78, 5) is 21.4. The fourth-order valence-electron chi connectivity index (χ4n) is 0.773. The maximum Gasteiger partial charge on any atom is 0.521 e. The zero-order valence-corrected chi connectivity index (χ0v) is 8.77. The first-order chi connectivity index (χ1) is 5.51. The van der Waals surface area contributed by atoms with Crippen LogP contribution in [0.1, 0.15) is 6.92 Å². The highest BCUT2D eigenvalue weighted by Crippen LogP contribution is 2.10. The molecule has 1 N–H and O–H groups in total. The molecule has 0 heterocycles. The fraction of sp³-hybridized carbons (Fsp3) is 0.833. The number of hydrogen-bond acceptors (Lipinski definition) is 4. The Hall–Kier alpha value is -0.433. The van der Waals surface area contributed by atoms with E-state index in [1.54, 1.807) is 14.0 Å². The van der Waals surface area contributed by atoms with Crippen molar-refractivity contribution in [3.8, 4) is 0 Å². The van der Waals surface area contributed by atoms with E-state index in [9.17, 15) is 9.59 Å². The van der Waals surface area contributed by atoms with Gasteiger partial charge in [0.05, 0.1) is 5.67 Å². The highest BCUT2D eigenvalue weighted by Gasteiger charge is 2.44. The van der Waals surface area contributed by atoms with Crippen LogP contribution in [0.25, 0.3) is 0 Å². The Balaban J connectivity index is 4.39. The average Bonchev–Trinajstić information content (AvgIpc) is 2.14. The van der Waals surface area contributed by atoms with E-state index in [1.165, 1.54) is 19.1 Å². The van der Waals surface area contributed by atoms with Crippen molar-refractivity contribution in [2.45, 2.75) is 12.6 Å². The molecule has 0 rings (SSSR count). The molecule has 1 unspecified atom stereocenters. The van der Waals surface area contributed by atoms with Crippen LogP contribution in [-0.4, -0.2) is 51.8 Å². The SMILES string of the molecule is CO[Si](O)(OC)C(C)N(C)C=O. The normalized spacial score (nSPS) is 14.1. The molecule has 1 atom stereocenters. The van der Waals surface area contributed by atoms with Crippen molar-refractivity contribution in [1.82, 2.24) is 4.90 Å². The first-order valence-corrected chi connectivity index (χ1v) is 5.35. The number of amides is 1.